The number of aromatic hydroxyl groups is 1. The Morgan fingerprint density at radius 1 is 0.958 bits per heavy atom. The molecule has 9 N–H and O–H groups in total. The number of aliphatic hydroxyl groups excluding tert-OH is 1. The fraction of sp³-hybridized carbons (Fsp3) is 0.364. The number of sulfonamides is 1. The Morgan fingerprint density at radius 2 is 1.65 bits per heavy atom. The van der Waals surface area contributed by atoms with Gasteiger partial charge in [0.2, 0.25) is 17.8 Å². The average Bonchev–Trinajstić information content (AvgIpc) is 3.45. The van der Waals surface area contributed by atoms with Gasteiger partial charge in [0.15, 0.2) is 0 Å². The van der Waals surface area contributed by atoms with Crippen LogP contribution in [0.2, 0.25) is 0 Å². The molecule has 48 heavy (non-hydrogen) atoms. The van der Waals surface area contributed by atoms with E-state index in [1.165, 1.54) is 10.4 Å². The number of rotatable bonds is 10. The Hall–Kier alpha value is -4.54. The maximum absolute atomic E-state index is 14.0. The summed E-state index contributed by atoms with van der Waals surface area (Å²) in [5.41, 5.74) is 20.8. The SMILES string of the molecule is Cc1ccc(S(=O)(=O)N(Cc2ccccc2)c2ccc(Nc3nc(N4C[C@H](N)C[C@H](N)C4)nc(N4CC[C@H](O)[C@@H]4CN)n3)c(O)c2)cc1. The minimum Gasteiger partial charge on any atom is -0.506 e. The largest absolute Gasteiger partial charge is 0.506 e. The summed E-state index contributed by atoms with van der Waals surface area (Å²) in [6, 6.07) is 19.8. The van der Waals surface area contributed by atoms with Gasteiger partial charge in [0.25, 0.3) is 10.0 Å². The summed E-state index contributed by atoms with van der Waals surface area (Å²) < 4.78 is 29.2. The van der Waals surface area contributed by atoms with Gasteiger partial charge < -0.3 is 42.5 Å². The summed E-state index contributed by atoms with van der Waals surface area (Å²) in [7, 11) is -4.01. The molecule has 2 saturated heterocycles. The number of phenolic OH excluding ortho intramolecular Hbond substituents is 1. The van der Waals surface area contributed by atoms with E-state index in [0.717, 1.165) is 11.1 Å². The summed E-state index contributed by atoms with van der Waals surface area (Å²) in [6.45, 7) is 3.63. The molecule has 1 aromatic heterocycles. The number of aliphatic hydroxyl groups is 1. The van der Waals surface area contributed by atoms with E-state index < -0.39 is 16.1 Å². The van der Waals surface area contributed by atoms with Crippen LogP contribution >= 0.6 is 0 Å². The molecule has 0 unspecified atom stereocenters. The third kappa shape index (κ3) is 7.15. The van der Waals surface area contributed by atoms with Crippen LogP contribution in [0, 0.1) is 6.92 Å². The molecule has 2 aliphatic rings. The summed E-state index contributed by atoms with van der Waals surface area (Å²) >= 11 is 0. The highest BCUT2D eigenvalue weighted by Crippen LogP contribution is 2.35. The Labute approximate surface area is 280 Å². The Balaban J connectivity index is 1.35. The van der Waals surface area contributed by atoms with Crippen LogP contribution < -0.4 is 36.6 Å². The second kappa shape index (κ2) is 13.9. The van der Waals surface area contributed by atoms with Crippen LogP contribution in [0.5, 0.6) is 5.75 Å². The van der Waals surface area contributed by atoms with Crippen molar-refractivity contribution in [3.8, 4) is 5.75 Å². The van der Waals surface area contributed by atoms with Crippen molar-refractivity contribution in [3.05, 3.63) is 83.9 Å². The fourth-order valence-corrected chi connectivity index (χ4v) is 7.64. The number of aromatic nitrogens is 3. The molecule has 0 amide bonds. The molecule has 6 rings (SSSR count). The molecule has 2 fully saturated rings. The third-order valence-corrected chi connectivity index (χ3v) is 10.5. The van der Waals surface area contributed by atoms with Gasteiger partial charge >= 0.3 is 0 Å². The van der Waals surface area contributed by atoms with Crippen molar-refractivity contribution in [2.24, 2.45) is 17.2 Å². The first-order valence-corrected chi connectivity index (χ1v) is 17.4. The predicted molar refractivity (Wildman–Crippen MR) is 186 cm³/mol. The molecule has 0 spiro atoms. The molecule has 0 aliphatic carbocycles. The quantitative estimate of drug-likeness (QED) is 0.133. The monoisotopic (exact) mass is 674 g/mol. The first-order valence-electron chi connectivity index (χ1n) is 15.9. The molecule has 2 aliphatic heterocycles. The standard InChI is InChI=1S/C33H42N10O4S/c1-21-7-10-26(11-8-21)48(46,47)43(18-22-5-3-2-4-6-22)25-9-12-27(30(45)16-25)37-31-38-32(41-19-23(35)15-24(36)20-41)40-33(39-31)42-14-13-29(44)28(42)17-34/h2-12,16,23-24,28-29,44-45H,13-15,17-20,34-36H2,1H3,(H,37,38,39,40)/t23-,24+,28-,29-/m0/s1. The third-order valence-electron chi connectivity index (χ3n) is 8.71. The maximum Gasteiger partial charge on any atom is 0.264 e. The number of phenols is 1. The topological polar surface area (TPSA) is 213 Å². The highest BCUT2D eigenvalue weighted by Gasteiger charge is 2.35. The lowest BCUT2D eigenvalue weighted by Gasteiger charge is -2.35. The molecule has 0 saturated carbocycles. The van der Waals surface area contributed by atoms with Gasteiger partial charge in [-0.3, -0.25) is 4.31 Å². The number of hydrogen-bond donors (Lipinski definition) is 6. The molecule has 15 heteroatoms. The van der Waals surface area contributed by atoms with E-state index in [9.17, 15) is 18.6 Å². The Morgan fingerprint density at radius 3 is 2.31 bits per heavy atom. The second-order valence-electron chi connectivity index (χ2n) is 12.4. The average molecular weight is 675 g/mol. The minimum absolute atomic E-state index is 0.0492. The first kappa shape index (κ1) is 33.4. The van der Waals surface area contributed by atoms with Crippen LogP contribution in [0.1, 0.15) is 24.0 Å². The lowest BCUT2D eigenvalue weighted by molar-refractivity contribution is 0.166. The van der Waals surface area contributed by atoms with Crippen LogP contribution in [-0.2, 0) is 16.6 Å². The summed E-state index contributed by atoms with van der Waals surface area (Å²) in [6.07, 6.45) is 0.558. The van der Waals surface area contributed by atoms with Crippen molar-refractivity contribution in [3.63, 3.8) is 0 Å². The van der Waals surface area contributed by atoms with E-state index in [1.54, 1.807) is 36.4 Å². The molecular formula is C33H42N10O4S. The van der Waals surface area contributed by atoms with Crippen LogP contribution in [-0.4, -0.2) is 84.0 Å². The molecule has 4 aromatic rings. The molecule has 3 heterocycles. The number of nitrogens with zero attached hydrogens (tertiary/aromatic N) is 6. The number of anilines is 5. The zero-order chi connectivity index (χ0) is 34.0. The molecule has 4 atom stereocenters. The smallest absolute Gasteiger partial charge is 0.264 e. The lowest BCUT2D eigenvalue weighted by atomic mass is 10.0. The molecule has 14 nitrogen and oxygen atoms in total. The van der Waals surface area contributed by atoms with E-state index in [4.69, 9.17) is 22.2 Å². The van der Waals surface area contributed by atoms with E-state index in [2.05, 4.69) is 15.3 Å². The maximum atomic E-state index is 14.0. The van der Waals surface area contributed by atoms with Gasteiger partial charge in [-0.05, 0) is 49.6 Å². The summed E-state index contributed by atoms with van der Waals surface area (Å²) in [5.74, 6) is 0.583. The van der Waals surface area contributed by atoms with Gasteiger partial charge in [0.05, 0.1) is 35.0 Å². The number of nitrogens with one attached hydrogen (secondary N) is 1. The van der Waals surface area contributed by atoms with Gasteiger partial charge in [0, 0.05) is 44.3 Å². The number of aryl methyl sites for hydroxylation is 1. The first-order chi connectivity index (χ1) is 23.0. The van der Waals surface area contributed by atoms with E-state index >= 15 is 0 Å². The van der Waals surface area contributed by atoms with Crippen LogP contribution in [0.4, 0.5) is 29.2 Å². The van der Waals surface area contributed by atoms with Gasteiger partial charge in [-0.2, -0.15) is 15.0 Å². The number of hydrogen-bond acceptors (Lipinski definition) is 13. The van der Waals surface area contributed by atoms with Crippen LogP contribution in [0.3, 0.4) is 0 Å². The Bertz CT molecular complexity index is 1820. The lowest BCUT2D eigenvalue weighted by Crippen LogP contribution is -2.53. The molecular weight excluding hydrogens is 632 g/mol. The van der Waals surface area contributed by atoms with Gasteiger partial charge in [0.1, 0.15) is 5.75 Å². The van der Waals surface area contributed by atoms with Crippen LogP contribution in [0.25, 0.3) is 0 Å². The molecule has 0 bridgehead atoms. The van der Waals surface area contributed by atoms with Crippen molar-refractivity contribution in [2.75, 3.05) is 45.6 Å². The second-order valence-corrected chi connectivity index (χ2v) is 14.3. The highest BCUT2D eigenvalue weighted by molar-refractivity contribution is 7.92. The molecule has 3 aromatic carbocycles. The number of piperidine rings is 1. The number of benzene rings is 3. The predicted octanol–water partition coefficient (Wildman–Crippen LogP) is 1.79. The molecule has 0 radical (unpaired) electrons. The van der Waals surface area contributed by atoms with Crippen molar-refractivity contribution in [2.45, 2.75) is 55.4 Å². The Kier molecular flexibility index (Phi) is 9.66. The van der Waals surface area contributed by atoms with Crippen molar-refractivity contribution in [1.29, 1.82) is 0 Å². The van der Waals surface area contributed by atoms with Gasteiger partial charge in [-0.15, -0.1) is 0 Å². The zero-order valence-corrected chi connectivity index (χ0v) is 27.5. The van der Waals surface area contributed by atoms with Crippen molar-refractivity contribution < 1.29 is 18.6 Å². The van der Waals surface area contributed by atoms with E-state index in [0.29, 0.717) is 44.4 Å². The van der Waals surface area contributed by atoms with Crippen molar-refractivity contribution >= 4 is 39.2 Å². The molecule has 254 valence electrons. The summed E-state index contributed by atoms with van der Waals surface area (Å²) in [4.78, 5) is 17.9. The fourth-order valence-electron chi connectivity index (χ4n) is 6.19. The normalized spacial score (nSPS) is 21.4. The van der Waals surface area contributed by atoms with E-state index in [1.807, 2.05) is 47.1 Å². The minimum atomic E-state index is -4.01. The highest BCUT2D eigenvalue weighted by atomic mass is 32.2. The zero-order valence-electron chi connectivity index (χ0n) is 26.7. The van der Waals surface area contributed by atoms with Gasteiger partial charge in [-0.1, -0.05) is 48.0 Å². The van der Waals surface area contributed by atoms with Gasteiger partial charge in [-0.25, -0.2) is 8.42 Å². The van der Waals surface area contributed by atoms with Crippen molar-refractivity contribution in [1.82, 2.24) is 15.0 Å². The van der Waals surface area contributed by atoms with E-state index in [-0.39, 0.29) is 59.2 Å². The number of nitrogens with two attached hydrogens (primary N) is 3. The van der Waals surface area contributed by atoms with Crippen LogP contribution in [0.15, 0.2) is 77.7 Å². The summed E-state index contributed by atoms with van der Waals surface area (Å²) in [5, 5.41) is 24.9.